The van der Waals surface area contributed by atoms with Crippen LogP contribution in [0.5, 0.6) is 5.75 Å². The van der Waals surface area contributed by atoms with Crippen LogP contribution < -0.4 is 0 Å². The fourth-order valence-electron chi connectivity index (χ4n) is 0.802. The van der Waals surface area contributed by atoms with Crippen molar-refractivity contribution in [3.63, 3.8) is 0 Å². The molecule has 0 unspecified atom stereocenters. The van der Waals surface area contributed by atoms with Gasteiger partial charge in [-0.25, -0.2) is 13.8 Å². The average molecular weight is 252 g/mol. The second kappa shape index (κ2) is 3.78. The van der Waals surface area contributed by atoms with Gasteiger partial charge in [-0.3, -0.25) is 4.79 Å². The van der Waals surface area contributed by atoms with E-state index < -0.39 is 23.3 Å². The van der Waals surface area contributed by atoms with Gasteiger partial charge in [-0.1, -0.05) is 0 Å². The molecule has 1 rings (SSSR count). The van der Waals surface area contributed by atoms with Crippen LogP contribution in [0.25, 0.3) is 0 Å². The van der Waals surface area contributed by atoms with Crippen LogP contribution >= 0.6 is 15.9 Å². The zero-order chi connectivity index (χ0) is 10.0. The molecule has 0 bridgehead atoms. The second-order valence-electron chi connectivity index (χ2n) is 2.19. The van der Waals surface area contributed by atoms with Crippen LogP contribution in [-0.2, 0) is 0 Å². The van der Waals surface area contributed by atoms with Gasteiger partial charge in [-0.05, 0) is 15.9 Å². The molecule has 0 atom stereocenters. The summed E-state index contributed by atoms with van der Waals surface area (Å²) in [5, 5.41) is 9.15. The van der Waals surface area contributed by atoms with Crippen LogP contribution in [0.15, 0.2) is 10.8 Å². The number of hydrogen-bond acceptors (Lipinski definition) is 3. The van der Waals surface area contributed by atoms with Gasteiger partial charge < -0.3 is 5.11 Å². The first-order valence-electron chi connectivity index (χ1n) is 3.18. The number of carbonyl (C=O) groups excluding carboxylic acids is 1. The van der Waals surface area contributed by atoms with Crippen LogP contribution in [0.4, 0.5) is 8.78 Å². The molecular formula is C7H4BrF2NO2. The summed E-state index contributed by atoms with van der Waals surface area (Å²) in [4.78, 5) is 13.8. The van der Waals surface area contributed by atoms with Gasteiger partial charge in [-0.2, -0.15) is 0 Å². The summed E-state index contributed by atoms with van der Waals surface area (Å²) in [6, 6.07) is 0. The third-order valence-corrected chi connectivity index (χ3v) is 2.01. The molecule has 0 aliphatic carbocycles. The number of halogens is 3. The molecule has 0 saturated carbocycles. The quantitative estimate of drug-likeness (QED) is 0.648. The number of alkyl halides is 2. The van der Waals surface area contributed by atoms with Crippen LogP contribution in [0.2, 0.25) is 0 Å². The standard InChI is InChI=1S/C7H4BrF2NO2/c8-6-5(13)4(2-12)3(1-11-6)7(9)10/h1-2,7,13H. The zero-order valence-corrected chi connectivity index (χ0v) is 7.75. The Kier molecular flexibility index (Phi) is 2.92. The highest BCUT2D eigenvalue weighted by atomic mass is 79.9. The summed E-state index contributed by atoms with van der Waals surface area (Å²) in [7, 11) is 0. The van der Waals surface area contributed by atoms with Gasteiger partial charge in [0.1, 0.15) is 4.60 Å². The predicted octanol–water partition coefficient (Wildman–Crippen LogP) is 2.30. The molecule has 1 N–H and O–H groups in total. The Balaban J connectivity index is 3.38. The number of aromatic hydroxyl groups is 1. The van der Waals surface area contributed by atoms with E-state index in [9.17, 15) is 13.6 Å². The van der Waals surface area contributed by atoms with Crippen molar-refractivity contribution in [1.29, 1.82) is 0 Å². The summed E-state index contributed by atoms with van der Waals surface area (Å²) < 4.78 is 24.4. The van der Waals surface area contributed by atoms with Gasteiger partial charge in [0.25, 0.3) is 6.43 Å². The highest BCUT2D eigenvalue weighted by Crippen LogP contribution is 2.31. The smallest absolute Gasteiger partial charge is 0.266 e. The van der Waals surface area contributed by atoms with Crippen LogP contribution in [0.3, 0.4) is 0 Å². The number of aromatic nitrogens is 1. The lowest BCUT2D eigenvalue weighted by Gasteiger charge is -2.05. The Morgan fingerprint density at radius 3 is 2.69 bits per heavy atom. The molecule has 0 spiro atoms. The number of hydrogen-bond donors (Lipinski definition) is 1. The number of rotatable bonds is 2. The van der Waals surface area contributed by atoms with E-state index in [1.165, 1.54) is 0 Å². The lowest BCUT2D eigenvalue weighted by Crippen LogP contribution is -1.96. The lowest BCUT2D eigenvalue weighted by molar-refractivity contribution is 0.110. The first-order valence-corrected chi connectivity index (χ1v) is 3.98. The van der Waals surface area contributed by atoms with Crippen LogP contribution in [-0.4, -0.2) is 16.4 Å². The molecule has 6 heteroatoms. The van der Waals surface area contributed by atoms with Gasteiger partial charge >= 0.3 is 0 Å². The second-order valence-corrected chi connectivity index (χ2v) is 2.94. The number of pyridine rings is 1. The fourth-order valence-corrected chi connectivity index (χ4v) is 1.12. The molecule has 1 aromatic heterocycles. The molecule has 0 fully saturated rings. The molecule has 1 heterocycles. The van der Waals surface area contributed by atoms with Gasteiger partial charge in [0.2, 0.25) is 0 Å². The third-order valence-electron chi connectivity index (χ3n) is 1.43. The van der Waals surface area contributed by atoms with E-state index in [1.54, 1.807) is 0 Å². The molecule has 70 valence electrons. The third kappa shape index (κ3) is 1.82. The molecule has 0 radical (unpaired) electrons. The molecule has 13 heavy (non-hydrogen) atoms. The predicted molar refractivity (Wildman–Crippen MR) is 43.9 cm³/mol. The molecule has 0 aliphatic rings. The first kappa shape index (κ1) is 10.0. The van der Waals surface area contributed by atoms with Crippen molar-refractivity contribution < 1.29 is 18.7 Å². The number of nitrogens with zero attached hydrogens (tertiary/aromatic N) is 1. The van der Waals surface area contributed by atoms with Crippen molar-refractivity contribution in [1.82, 2.24) is 4.98 Å². The van der Waals surface area contributed by atoms with E-state index >= 15 is 0 Å². The monoisotopic (exact) mass is 251 g/mol. The Hall–Kier alpha value is -1.04. The molecule has 3 nitrogen and oxygen atoms in total. The van der Waals surface area contributed by atoms with E-state index in [0.29, 0.717) is 0 Å². The minimum absolute atomic E-state index is 0.0287. The molecular weight excluding hydrogens is 248 g/mol. The summed E-state index contributed by atoms with van der Waals surface area (Å²) in [5.74, 6) is -0.562. The topological polar surface area (TPSA) is 50.2 Å². The maximum absolute atomic E-state index is 12.2. The van der Waals surface area contributed by atoms with Crippen LogP contribution in [0.1, 0.15) is 22.3 Å². The van der Waals surface area contributed by atoms with Crippen molar-refractivity contribution in [3.8, 4) is 5.75 Å². The fraction of sp³-hybridized carbons (Fsp3) is 0.143. The number of carbonyl (C=O) groups is 1. The minimum Gasteiger partial charge on any atom is -0.504 e. The largest absolute Gasteiger partial charge is 0.504 e. The normalized spacial score (nSPS) is 10.5. The van der Waals surface area contributed by atoms with Gasteiger partial charge in [0.05, 0.1) is 11.1 Å². The summed E-state index contributed by atoms with van der Waals surface area (Å²) in [6.07, 6.45) is -1.81. The van der Waals surface area contributed by atoms with E-state index in [1.807, 2.05) is 0 Å². The summed E-state index contributed by atoms with van der Waals surface area (Å²) in [6.45, 7) is 0. The Bertz CT molecular complexity index is 344. The van der Waals surface area contributed by atoms with Crippen molar-refractivity contribution in [2.24, 2.45) is 0 Å². The van der Waals surface area contributed by atoms with Crippen LogP contribution in [0, 0.1) is 0 Å². The highest BCUT2D eigenvalue weighted by Gasteiger charge is 2.18. The van der Waals surface area contributed by atoms with Crippen molar-refractivity contribution >= 4 is 22.2 Å². The molecule has 0 aliphatic heterocycles. The molecule has 1 aromatic rings. The Labute approximate surface area is 80.5 Å². The van der Waals surface area contributed by atoms with E-state index in [2.05, 4.69) is 20.9 Å². The SMILES string of the molecule is O=Cc1c(C(F)F)cnc(Br)c1O. The molecule has 0 amide bonds. The molecule has 0 aromatic carbocycles. The first-order chi connectivity index (χ1) is 6.07. The maximum atomic E-state index is 12.2. The average Bonchev–Trinajstić information content (AvgIpc) is 2.09. The van der Waals surface area contributed by atoms with E-state index in [-0.39, 0.29) is 10.9 Å². The lowest BCUT2D eigenvalue weighted by atomic mass is 10.1. The number of aldehydes is 1. The van der Waals surface area contributed by atoms with E-state index in [0.717, 1.165) is 6.20 Å². The van der Waals surface area contributed by atoms with Gasteiger partial charge in [0.15, 0.2) is 12.0 Å². The minimum atomic E-state index is -2.83. The van der Waals surface area contributed by atoms with Gasteiger partial charge in [-0.15, -0.1) is 0 Å². The summed E-state index contributed by atoms with van der Waals surface area (Å²) in [5.41, 5.74) is -1.01. The Morgan fingerprint density at radius 2 is 2.23 bits per heavy atom. The van der Waals surface area contributed by atoms with Crippen molar-refractivity contribution in [3.05, 3.63) is 21.9 Å². The zero-order valence-electron chi connectivity index (χ0n) is 6.17. The highest BCUT2D eigenvalue weighted by molar-refractivity contribution is 9.10. The summed E-state index contributed by atoms with van der Waals surface area (Å²) >= 11 is 2.81. The van der Waals surface area contributed by atoms with E-state index in [4.69, 9.17) is 5.11 Å². The van der Waals surface area contributed by atoms with Crippen molar-refractivity contribution in [2.45, 2.75) is 6.43 Å². The maximum Gasteiger partial charge on any atom is 0.266 e. The van der Waals surface area contributed by atoms with Gasteiger partial charge in [0, 0.05) is 6.20 Å². The molecule has 0 saturated heterocycles. The van der Waals surface area contributed by atoms with Crippen molar-refractivity contribution in [2.75, 3.05) is 0 Å². The Morgan fingerprint density at radius 1 is 1.62 bits per heavy atom.